The number of nitrogens with two attached hydrogens (primary N) is 1. The molecule has 4 bridgehead atoms. The van der Waals surface area contributed by atoms with Crippen LogP contribution in [0.3, 0.4) is 0 Å². The van der Waals surface area contributed by atoms with E-state index in [0.717, 1.165) is 57.1 Å². The van der Waals surface area contributed by atoms with Gasteiger partial charge in [0.2, 0.25) is 0 Å². The first-order valence-electron chi connectivity index (χ1n) is 11.0. The second-order valence-corrected chi connectivity index (χ2v) is 9.68. The van der Waals surface area contributed by atoms with E-state index in [0.29, 0.717) is 23.6 Å². The van der Waals surface area contributed by atoms with E-state index in [1.165, 1.54) is 18.5 Å². The van der Waals surface area contributed by atoms with Gasteiger partial charge in [-0.2, -0.15) is 0 Å². The van der Waals surface area contributed by atoms with Crippen molar-refractivity contribution >= 4 is 17.3 Å². The largest absolute Gasteiger partial charge is 0.495 e. The molecule has 158 valence electrons. The van der Waals surface area contributed by atoms with E-state index in [4.69, 9.17) is 15.2 Å². The van der Waals surface area contributed by atoms with Gasteiger partial charge >= 0.3 is 5.97 Å². The van der Waals surface area contributed by atoms with Gasteiger partial charge < -0.3 is 20.1 Å². The second kappa shape index (κ2) is 7.08. The number of hydrogen-bond donors (Lipinski definition) is 1. The summed E-state index contributed by atoms with van der Waals surface area (Å²) in [6.07, 6.45) is 5.73. The topological polar surface area (TPSA) is 68.0 Å². The minimum atomic E-state index is -0.176. The van der Waals surface area contributed by atoms with Crippen LogP contribution >= 0.6 is 0 Å². The van der Waals surface area contributed by atoms with Crippen LogP contribution in [0.2, 0.25) is 0 Å². The molecule has 1 heterocycles. The quantitative estimate of drug-likeness (QED) is 0.620. The number of anilines is 2. The maximum Gasteiger partial charge on any atom is 0.311 e. The molecule has 2 unspecified atom stereocenters. The molecule has 0 radical (unpaired) electrons. The van der Waals surface area contributed by atoms with Crippen LogP contribution in [0.5, 0.6) is 5.75 Å². The highest BCUT2D eigenvalue weighted by Gasteiger charge is 2.60. The average molecular weight is 400 g/mol. The Balaban J connectivity index is 1.27. The smallest absolute Gasteiger partial charge is 0.311 e. The summed E-state index contributed by atoms with van der Waals surface area (Å²) < 4.78 is 10.6. The average Bonchev–Trinajstić information content (AvgIpc) is 2.73. The van der Waals surface area contributed by atoms with E-state index in [-0.39, 0.29) is 11.4 Å². The molecule has 6 rings (SSSR count). The molecule has 0 amide bonds. The first kappa shape index (κ1) is 19.0. The van der Waals surface area contributed by atoms with E-state index in [2.05, 4.69) is 15.9 Å². The zero-order valence-corrected chi connectivity index (χ0v) is 17.6. The number of carbonyl (C=O) groups is 1. The molecule has 1 aromatic rings. The van der Waals surface area contributed by atoms with E-state index in [1.807, 2.05) is 12.1 Å². The summed E-state index contributed by atoms with van der Waals surface area (Å²) in [6.45, 7) is 4.21. The number of nitrogen functional groups attached to an aromatic ring is 1. The van der Waals surface area contributed by atoms with Gasteiger partial charge in [-0.15, -0.1) is 0 Å². The number of nitrogens with zero attached hydrogens (tertiary/aromatic N) is 2. The Kier molecular flexibility index (Phi) is 4.65. The van der Waals surface area contributed by atoms with Crippen molar-refractivity contribution in [3.05, 3.63) is 18.2 Å². The molecule has 1 saturated heterocycles. The molecular formula is C23H33N3O3. The number of rotatable bonds is 4. The Hall–Kier alpha value is -1.95. The lowest BCUT2D eigenvalue weighted by molar-refractivity contribution is -0.176. The fraction of sp³-hybridized carbons (Fsp3) is 0.696. The van der Waals surface area contributed by atoms with Crippen molar-refractivity contribution in [1.29, 1.82) is 0 Å². The Morgan fingerprint density at radius 3 is 2.38 bits per heavy atom. The summed E-state index contributed by atoms with van der Waals surface area (Å²) in [6, 6.07) is 6.72. The number of benzene rings is 1. The van der Waals surface area contributed by atoms with Gasteiger partial charge in [0.15, 0.2) is 0 Å². The van der Waals surface area contributed by atoms with Crippen LogP contribution in [0.4, 0.5) is 11.4 Å². The molecule has 29 heavy (non-hydrogen) atoms. The van der Waals surface area contributed by atoms with Gasteiger partial charge in [0.1, 0.15) is 5.75 Å². The van der Waals surface area contributed by atoms with Crippen molar-refractivity contribution < 1.29 is 14.3 Å². The summed E-state index contributed by atoms with van der Waals surface area (Å²) >= 11 is 0. The third kappa shape index (κ3) is 3.07. The summed E-state index contributed by atoms with van der Waals surface area (Å²) in [5.41, 5.74) is 7.67. The summed E-state index contributed by atoms with van der Waals surface area (Å²) in [5, 5.41) is 0. The molecule has 5 fully saturated rings. The Morgan fingerprint density at radius 1 is 1.07 bits per heavy atom. The number of methoxy groups -OCH3 is 2. The van der Waals surface area contributed by atoms with Crippen LogP contribution in [0.15, 0.2) is 18.2 Å². The first-order chi connectivity index (χ1) is 14.0. The van der Waals surface area contributed by atoms with E-state index < -0.39 is 0 Å². The molecular weight excluding hydrogens is 366 g/mol. The minimum absolute atomic E-state index is 0.0532. The highest BCUT2D eigenvalue weighted by molar-refractivity contribution is 5.77. The molecule has 6 heteroatoms. The molecule has 4 saturated carbocycles. The molecule has 1 aromatic carbocycles. The van der Waals surface area contributed by atoms with Crippen LogP contribution in [-0.4, -0.2) is 57.3 Å². The molecule has 0 spiro atoms. The Labute approximate surface area is 173 Å². The van der Waals surface area contributed by atoms with Crippen molar-refractivity contribution in [3.8, 4) is 5.75 Å². The fourth-order valence-electron chi connectivity index (χ4n) is 7.24. The SMILES string of the molecule is COc1cc(N2CCN([C@H]3C4CC5CC3C[C@@](C(=O)OC)(C5)C4)CC2)ccc1N. The van der Waals surface area contributed by atoms with Crippen molar-refractivity contribution in [2.24, 2.45) is 23.2 Å². The summed E-state index contributed by atoms with van der Waals surface area (Å²) in [5.74, 6) is 2.84. The third-order valence-electron chi connectivity index (χ3n) is 8.16. The number of ether oxygens (including phenoxy) is 2. The lowest BCUT2D eigenvalue weighted by Crippen LogP contribution is -2.63. The van der Waals surface area contributed by atoms with Gasteiger partial charge in [0.05, 0.1) is 25.3 Å². The predicted molar refractivity (Wildman–Crippen MR) is 113 cm³/mol. The van der Waals surface area contributed by atoms with Gasteiger partial charge in [-0.05, 0) is 62.0 Å². The van der Waals surface area contributed by atoms with Crippen molar-refractivity contribution in [1.82, 2.24) is 4.90 Å². The van der Waals surface area contributed by atoms with Crippen molar-refractivity contribution in [3.63, 3.8) is 0 Å². The summed E-state index contributed by atoms with van der Waals surface area (Å²) in [4.78, 5) is 17.7. The van der Waals surface area contributed by atoms with Crippen LogP contribution in [0, 0.1) is 23.2 Å². The number of esters is 1. The zero-order valence-electron chi connectivity index (χ0n) is 17.6. The summed E-state index contributed by atoms with van der Waals surface area (Å²) in [7, 11) is 3.23. The van der Waals surface area contributed by atoms with Gasteiger partial charge in [-0.25, -0.2) is 0 Å². The molecule has 2 N–H and O–H groups in total. The zero-order chi connectivity index (χ0) is 20.2. The third-order valence-corrected chi connectivity index (χ3v) is 8.16. The molecule has 1 aliphatic heterocycles. The maximum atomic E-state index is 12.6. The normalized spacial score (nSPS) is 36.3. The van der Waals surface area contributed by atoms with Gasteiger partial charge in [-0.1, -0.05) is 0 Å². The van der Waals surface area contributed by atoms with Crippen LogP contribution in [0.1, 0.15) is 32.1 Å². The number of carbonyl (C=O) groups excluding carboxylic acids is 1. The molecule has 2 atom stereocenters. The second-order valence-electron chi connectivity index (χ2n) is 9.68. The Morgan fingerprint density at radius 2 is 1.76 bits per heavy atom. The lowest BCUT2D eigenvalue weighted by Gasteiger charge is -2.61. The van der Waals surface area contributed by atoms with E-state index >= 15 is 0 Å². The molecule has 5 aliphatic rings. The number of hydrogen-bond acceptors (Lipinski definition) is 6. The predicted octanol–water partition coefficient (Wildman–Crippen LogP) is 2.77. The standard InChI is InChI=1S/C23H33N3O3/c1-28-20-11-18(3-4-19(20)24)25-5-7-26(8-6-25)21-16-9-15-10-17(21)14-23(12-15,13-16)22(27)29-2/h3-4,11,15-17,21H,5-10,12-14,24H2,1-2H3/t15?,16?,17?,21-,23+. The van der Waals surface area contributed by atoms with Gasteiger partial charge in [0.25, 0.3) is 0 Å². The Bertz CT molecular complexity index is 774. The van der Waals surface area contributed by atoms with Gasteiger partial charge in [-0.3, -0.25) is 9.69 Å². The van der Waals surface area contributed by atoms with Crippen molar-refractivity contribution in [2.75, 3.05) is 51.0 Å². The minimum Gasteiger partial charge on any atom is -0.495 e. The lowest BCUT2D eigenvalue weighted by atomic mass is 9.47. The van der Waals surface area contributed by atoms with E-state index in [9.17, 15) is 4.79 Å². The highest BCUT2D eigenvalue weighted by Crippen LogP contribution is 2.61. The van der Waals surface area contributed by atoms with Crippen LogP contribution in [-0.2, 0) is 9.53 Å². The monoisotopic (exact) mass is 399 g/mol. The van der Waals surface area contributed by atoms with Crippen LogP contribution < -0.4 is 15.4 Å². The number of piperazine rings is 1. The van der Waals surface area contributed by atoms with Crippen molar-refractivity contribution in [2.45, 2.75) is 38.1 Å². The molecule has 0 aromatic heterocycles. The molecule has 6 nitrogen and oxygen atoms in total. The van der Waals surface area contributed by atoms with Crippen LogP contribution in [0.25, 0.3) is 0 Å². The molecule has 4 aliphatic carbocycles. The highest BCUT2D eigenvalue weighted by atomic mass is 16.5. The first-order valence-corrected chi connectivity index (χ1v) is 11.0. The van der Waals surface area contributed by atoms with Gasteiger partial charge in [0, 0.05) is 44.0 Å². The fourth-order valence-corrected chi connectivity index (χ4v) is 7.24. The van der Waals surface area contributed by atoms with E-state index in [1.54, 1.807) is 14.2 Å². The maximum absolute atomic E-state index is 12.6.